The van der Waals surface area contributed by atoms with Crippen LogP contribution in [0.2, 0.25) is 0 Å². The first-order valence-corrected chi connectivity index (χ1v) is 5.84. The lowest BCUT2D eigenvalue weighted by molar-refractivity contribution is -0.146. The van der Waals surface area contributed by atoms with Crippen molar-refractivity contribution in [2.24, 2.45) is 0 Å². The zero-order valence-electron chi connectivity index (χ0n) is 10.7. The maximum absolute atomic E-state index is 12.7. The van der Waals surface area contributed by atoms with E-state index < -0.39 is 12.0 Å². The Labute approximate surface area is 116 Å². The molecule has 9 heteroatoms. The van der Waals surface area contributed by atoms with Crippen LogP contribution in [-0.4, -0.2) is 24.8 Å². The van der Waals surface area contributed by atoms with Crippen LogP contribution in [0.25, 0.3) is 5.65 Å². The highest BCUT2D eigenvalue weighted by molar-refractivity contribution is 5.38. The second kappa shape index (κ2) is 4.69. The average Bonchev–Trinajstić information content (AvgIpc) is 2.84. The van der Waals surface area contributed by atoms with Gasteiger partial charge >= 0.3 is 6.18 Å². The monoisotopic (exact) mass is 295 g/mol. The van der Waals surface area contributed by atoms with Gasteiger partial charge in [-0.3, -0.25) is 4.98 Å². The Morgan fingerprint density at radius 1 is 1.10 bits per heavy atom. The summed E-state index contributed by atoms with van der Waals surface area (Å²) >= 11 is 0. The van der Waals surface area contributed by atoms with E-state index in [1.54, 1.807) is 19.1 Å². The van der Waals surface area contributed by atoms with Crippen LogP contribution in [0.4, 0.5) is 13.2 Å². The second-order valence-electron chi connectivity index (χ2n) is 4.20. The number of aryl methyl sites for hydroxylation is 1. The SMILES string of the molecule is Cc1ccc(Oc2ccc3nnc(C(F)(F)F)n3n2)cn1. The van der Waals surface area contributed by atoms with Gasteiger partial charge in [-0.25, -0.2) is 0 Å². The number of ether oxygens (including phenoxy) is 1. The number of pyridine rings is 1. The molecule has 0 saturated carbocycles. The molecule has 0 aliphatic heterocycles. The number of hydrogen-bond donors (Lipinski definition) is 0. The van der Waals surface area contributed by atoms with Gasteiger partial charge in [0.2, 0.25) is 5.88 Å². The van der Waals surface area contributed by atoms with E-state index >= 15 is 0 Å². The molecule has 3 rings (SSSR count). The smallest absolute Gasteiger partial charge is 0.436 e. The van der Waals surface area contributed by atoms with Crippen LogP contribution in [0.3, 0.4) is 0 Å². The molecule has 0 bridgehead atoms. The molecule has 108 valence electrons. The Morgan fingerprint density at radius 3 is 2.57 bits per heavy atom. The van der Waals surface area contributed by atoms with Gasteiger partial charge in [0.1, 0.15) is 5.75 Å². The van der Waals surface area contributed by atoms with E-state index in [-0.39, 0.29) is 11.5 Å². The van der Waals surface area contributed by atoms with E-state index in [1.807, 2.05) is 0 Å². The van der Waals surface area contributed by atoms with E-state index in [1.165, 1.54) is 18.3 Å². The number of alkyl halides is 3. The lowest BCUT2D eigenvalue weighted by atomic mass is 10.4. The fourth-order valence-electron chi connectivity index (χ4n) is 1.64. The lowest BCUT2D eigenvalue weighted by Gasteiger charge is -2.06. The van der Waals surface area contributed by atoms with Crippen LogP contribution in [0.1, 0.15) is 11.5 Å². The molecule has 0 radical (unpaired) electrons. The molecule has 0 aromatic carbocycles. The second-order valence-corrected chi connectivity index (χ2v) is 4.20. The summed E-state index contributed by atoms with van der Waals surface area (Å²) in [5.41, 5.74) is 0.778. The van der Waals surface area contributed by atoms with Crippen molar-refractivity contribution in [1.82, 2.24) is 24.8 Å². The van der Waals surface area contributed by atoms with Gasteiger partial charge in [-0.05, 0) is 25.1 Å². The molecular formula is C12H8F3N5O. The minimum atomic E-state index is -4.64. The van der Waals surface area contributed by atoms with Crippen molar-refractivity contribution < 1.29 is 17.9 Å². The molecule has 0 saturated heterocycles. The number of hydrogen-bond acceptors (Lipinski definition) is 5. The van der Waals surface area contributed by atoms with Crippen molar-refractivity contribution in [3.8, 4) is 11.6 Å². The van der Waals surface area contributed by atoms with Gasteiger partial charge in [0.25, 0.3) is 5.82 Å². The predicted octanol–water partition coefficient (Wildman–Crippen LogP) is 2.64. The van der Waals surface area contributed by atoms with Crippen molar-refractivity contribution in [3.63, 3.8) is 0 Å². The highest BCUT2D eigenvalue weighted by Gasteiger charge is 2.37. The summed E-state index contributed by atoms with van der Waals surface area (Å²) in [4.78, 5) is 4.02. The van der Waals surface area contributed by atoms with E-state index in [2.05, 4.69) is 20.3 Å². The van der Waals surface area contributed by atoms with Crippen LogP contribution in [0.5, 0.6) is 11.6 Å². The molecule has 0 amide bonds. The van der Waals surface area contributed by atoms with E-state index in [4.69, 9.17) is 4.74 Å². The molecule has 6 nitrogen and oxygen atoms in total. The van der Waals surface area contributed by atoms with Gasteiger partial charge in [-0.1, -0.05) is 0 Å². The number of nitrogens with zero attached hydrogens (tertiary/aromatic N) is 5. The molecule has 3 aromatic heterocycles. The number of rotatable bonds is 2. The molecule has 0 aliphatic rings. The minimum absolute atomic E-state index is 0.0153. The van der Waals surface area contributed by atoms with E-state index in [0.29, 0.717) is 10.3 Å². The summed E-state index contributed by atoms with van der Waals surface area (Å²) in [5, 5.41) is 10.2. The van der Waals surface area contributed by atoms with Gasteiger partial charge in [0, 0.05) is 11.8 Å². The molecule has 0 fully saturated rings. The van der Waals surface area contributed by atoms with Gasteiger partial charge in [0.05, 0.1) is 6.20 Å². The van der Waals surface area contributed by atoms with Crippen LogP contribution < -0.4 is 4.74 Å². The largest absolute Gasteiger partial charge is 0.453 e. The topological polar surface area (TPSA) is 65.2 Å². The highest BCUT2D eigenvalue weighted by atomic mass is 19.4. The molecular weight excluding hydrogens is 287 g/mol. The van der Waals surface area contributed by atoms with Crippen molar-refractivity contribution in [3.05, 3.63) is 42.0 Å². The standard InChI is InChI=1S/C12H8F3N5O/c1-7-2-3-8(6-16-7)21-10-5-4-9-17-18-11(12(13,14)15)20(9)19-10/h2-6H,1H3. The van der Waals surface area contributed by atoms with Crippen LogP contribution in [0.15, 0.2) is 30.5 Å². The maximum atomic E-state index is 12.7. The molecule has 0 aliphatic carbocycles. The fourth-order valence-corrected chi connectivity index (χ4v) is 1.64. The minimum Gasteiger partial charge on any atom is -0.436 e. The molecule has 21 heavy (non-hydrogen) atoms. The molecule has 0 N–H and O–H groups in total. The number of aromatic nitrogens is 5. The predicted molar refractivity (Wildman–Crippen MR) is 64.8 cm³/mol. The Balaban J connectivity index is 1.98. The zero-order valence-corrected chi connectivity index (χ0v) is 10.7. The summed E-state index contributed by atoms with van der Waals surface area (Å²) in [6.45, 7) is 1.81. The molecule has 0 spiro atoms. The third-order valence-corrected chi connectivity index (χ3v) is 2.60. The summed E-state index contributed by atoms with van der Waals surface area (Å²) in [6.07, 6.45) is -3.19. The third kappa shape index (κ3) is 2.62. The first-order valence-electron chi connectivity index (χ1n) is 5.84. The van der Waals surface area contributed by atoms with Crippen molar-refractivity contribution in [2.75, 3.05) is 0 Å². The summed E-state index contributed by atoms with van der Waals surface area (Å²) in [6, 6.07) is 6.11. The Morgan fingerprint density at radius 2 is 1.90 bits per heavy atom. The van der Waals surface area contributed by atoms with Gasteiger partial charge < -0.3 is 4.74 Å². The van der Waals surface area contributed by atoms with E-state index in [9.17, 15) is 13.2 Å². The summed E-state index contributed by atoms with van der Waals surface area (Å²) in [7, 11) is 0. The normalized spacial score (nSPS) is 11.8. The van der Waals surface area contributed by atoms with Crippen LogP contribution in [0, 0.1) is 6.92 Å². The van der Waals surface area contributed by atoms with Gasteiger partial charge in [0.15, 0.2) is 5.65 Å². The molecule has 0 atom stereocenters. The number of fused-ring (bicyclic) bond motifs is 1. The fraction of sp³-hybridized carbons (Fsp3) is 0.167. The lowest BCUT2D eigenvalue weighted by Crippen LogP contribution is -2.12. The summed E-state index contributed by atoms with van der Waals surface area (Å²) < 4.78 is 44.2. The molecule has 3 aromatic rings. The first kappa shape index (κ1) is 13.3. The Hall–Kier alpha value is -2.71. The van der Waals surface area contributed by atoms with Gasteiger partial charge in [-0.15, -0.1) is 15.3 Å². The zero-order chi connectivity index (χ0) is 15.0. The summed E-state index contributed by atoms with van der Waals surface area (Å²) in [5.74, 6) is -0.850. The molecule has 0 unspecified atom stereocenters. The van der Waals surface area contributed by atoms with Crippen molar-refractivity contribution in [1.29, 1.82) is 0 Å². The first-order chi connectivity index (χ1) is 9.93. The molecule has 3 heterocycles. The highest BCUT2D eigenvalue weighted by Crippen LogP contribution is 2.28. The average molecular weight is 295 g/mol. The Kier molecular flexibility index (Phi) is 2.96. The van der Waals surface area contributed by atoms with Crippen molar-refractivity contribution in [2.45, 2.75) is 13.1 Å². The van der Waals surface area contributed by atoms with Crippen LogP contribution in [-0.2, 0) is 6.18 Å². The maximum Gasteiger partial charge on any atom is 0.453 e. The quantitative estimate of drug-likeness (QED) is 0.727. The third-order valence-electron chi connectivity index (χ3n) is 2.60. The van der Waals surface area contributed by atoms with Gasteiger partial charge in [-0.2, -0.15) is 17.7 Å². The Bertz CT molecular complexity index is 782. The number of halogens is 3. The van der Waals surface area contributed by atoms with E-state index in [0.717, 1.165) is 5.69 Å². The van der Waals surface area contributed by atoms with Crippen LogP contribution >= 0.6 is 0 Å². The van der Waals surface area contributed by atoms with Crippen molar-refractivity contribution >= 4 is 5.65 Å².